The lowest BCUT2D eigenvalue weighted by Gasteiger charge is -2.36. The summed E-state index contributed by atoms with van der Waals surface area (Å²) in [5.41, 5.74) is 9.91. The van der Waals surface area contributed by atoms with E-state index >= 15 is 0 Å². The lowest BCUT2D eigenvalue weighted by molar-refractivity contribution is 0.0550. The molecule has 0 N–H and O–H groups in total. The number of benzene rings is 2. The summed E-state index contributed by atoms with van der Waals surface area (Å²) in [6, 6.07) is 10.5. The van der Waals surface area contributed by atoms with Crippen molar-refractivity contribution in [2.45, 2.75) is 32.5 Å². The van der Waals surface area contributed by atoms with Gasteiger partial charge in [0.1, 0.15) is 11.7 Å². The molecule has 0 bridgehead atoms. The molecule has 1 unspecified atom stereocenters. The van der Waals surface area contributed by atoms with Crippen molar-refractivity contribution in [3.63, 3.8) is 0 Å². The second-order valence-electron chi connectivity index (χ2n) is 7.52. The number of fused-ring (bicyclic) bond motifs is 1. The van der Waals surface area contributed by atoms with Gasteiger partial charge in [0.15, 0.2) is 5.75 Å². The average Bonchev–Trinajstić information content (AvgIpc) is 2.65. The van der Waals surface area contributed by atoms with Gasteiger partial charge >= 0.3 is 6.09 Å². The van der Waals surface area contributed by atoms with Crippen LogP contribution < -0.4 is 9.64 Å². The van der Waals surface area contributed by atoms with E-state index in [9.17, 15) is 4.79 Å². The zero-order valence-corrected chi connectivity index (χ0v) is 17.7. The summed E-state index contributed by atoms with van der Waals surface area (Å²) in [6.45, 7) is 5.64. The van der Waals surface area contributed by atoms with Crippen LogP contribution in [0, 0.1) is 0 Å². The van der Waals surface area contributed by atoms with Gasteiger partial charge in [-0.2, -0.15) is 0 Å². The fourth-order valence-corrected chi connectivity index (χ4v) is 3.39. The van der Waals surface area contributed by atoms with E-state index in [2.05, 4.69) is 10.0 Å². The first kappa shape index (κ1) is 21.1. The summed E-state index contributed by atoms with van der Waals surface area (Å²) in [6.07, 6.45) is -1.05. The first-order chi connectivity index (χ1) is 13.7. The molecule has 0 radical (unpaired) electrons. The zero-order chi connectivity index (χ0) is 21.2. The van der Waals surface area contributed by atoms with Gasteiger partial charge in [-0.15, -0.1) is 0 Å². The highest BCUT2D eigenvalue weighted by Gasteiger charge is 2.34. The van der Waals surface area contributed by atoms with E-state index in [-0.39, 0.29) is 13.1 Å². The van der Waals surface area contributed by atoms with Gasteiger partial charge in [0, 0.05) is 26.1 Å². The minimum atomic E-state index is -0.663. The quantitative estimate of drug-likeness (QED) is 0.314. The number of rotatable bonds is 3. The Morgan fingerprint density at radius 2 is 2.07 bits per heavy atom. The van der Waals surface area contributed by atoms with E-state index in [0.717, 1.165) is 0 Å². The third-order valence-corrected chi connectivity index (χ3v) is 4.70. The van der Waals surface area contributed by atoms with Crippen LogP contribution in [0.3, 0.4) is 0 Å². The molecule has 1 aliphatic heterocycles. The highest BCUT2D eigenvalue weighted by atomic mass is 35.5. The molecule has 0 saturated heterocycles. The number of ether oxygens (including phenoxy) is 2. The molecule has 1 aliphatic rings. The van der Waals surface area contributed by atoms with Crippen molar-refractivity contribution in [2.75, 3.05) is 18.0 Å². The Labute approximate surface area is 178 Å². The molecule has 0 saturated carbocycles. The summed E-state index contributed by atoms with van der Waals surface area (Å²) in [5, 5.41) is 4.61. The van der Waals surface area contributed by atoms with E-state index in [1.807, 2.05) is 6.07 Å². The van der Waals surface area contributed by atoms with Crippen molar-refractivity contribution >= 4 is 35.0 Å². The number of anilines is 1. The smallest absolute Gasteiger partial charge is 0.415 e. The largest absolute Gasteiger partial charge is 0.486 e. The summed E-state index contributed by atoms with van der Waals surface area (Å²) >= 11 is 12.6. The van der Waals surface area contributed by atoms with E-state index < -0.39 is 17.8 Å². The molecule has 152 valence electrons. The monoisotopic (exact) mass is 434 g/mol. The molecule has 1 atom stereocenters. The molecule has 1 amide bonds. The second-order valence-corrected chi connectivity index (χ2v) is 8.37. The Morgan fingerprint density at radius 3 is 2.76 bits per heavy atom. The van der Waals surface area contributed by atoms with Crippen LogP contribution in [0.2, 0.25) is 10.0 Å². The molecule has 1 heterocycles. The van der Waals surface area contributed by atoms with Crippen LogP contribution in [-0.4, -0.2) is 30.9 Å². The topological polar surface area (TPSA) is 87.5 Å². The van der Waals surface area contributed by atoms with Gasteiger partial charge in [0.25, 0.3) is 0 Å². The number of carbonyl (C=O) groups is 1. The molecule has 9 heteroatoms. The van der Waals surface area contributed by atoms with Crippen LogP contribution in [-0.2, 0) is 4.74 Å². The van der Waals surface area contributed by atoms with Gasteiger partial charge in [0.2, 0.25) is 0 Å². The average molecular weight is 435 g/mol. The number of carbonyl (C=O) groups excluding carboxylic acids is 1. The summed E-state index contributed by atoms with van der Waals surface area (Å²) in [5.74, 6) is 0.451. The molecule has 0 spiro atoms. The molecule has 0 fully saturated rings. The first-order valence-electron chi connectivity index (χ1n) is 8.96. The number of amides is 1. The fraction of sp³-hybridized carbons (Fsp3) is 0.350. The van der Waals surface area contributed by atoms with Crippen molar-refractivity contribution in [3.8, 4) is 16.9 Å². The number of nitrogens with zero attached hydrogens (tertiary/aromatic N) is 4. The predicted molar refractivity (Wildman–Crippen MR) is 114 cm³/mol. The standard InChI is InChI=1S/C20H20Cl2N4O3/c1-20(2,3)29-19(27)26-11-13(10-24-25-23)28-18-14(5-4-6-17(18)26)15-9-12(21)7-8-16(15)22/h4-9,13H,10-11H2,1-3H3. The van der Waals surface area contributed by atoms with Crippen molar-refractivity contribution in [2.24, 2.45) is 5.11 Å². The Balaban J connectivity index is 2.11. The molecule has 0 aliphatic carbocycles. The van der Waals surface area contributed by atoms with Gasteiger partial charge in [-0.05, 0) is 50.6 Å². The molecule has 29 heavy (non-hydrogen) atoms. The molecule has 3 rings (SSSR count). The van der Waals surface area contributed by atoms with E-state index in [1.165, 1.54) is 4.90 Å². The van der Waals surface area contributed by atoms with Crippen LogP contribution >= 0.6 is 23.2 Å². The Hall–Kier alpha value is -2.60. The van der Waals surface area contributed by atoms with Gasteiger partial charge in [-0.3, -0.25) is 4.90 Å². The van der Waals surface area contributed by atoms with Crippen LogP contribution in [0.15, 0.2) is 41.5 Å². The number of hydrogen-bond acceptors (Lipinski definition) is 4. The van der Waals surface area contributed by atoms with E-state index in [4.69, 9.17) is 38.2 Å². The van der Waals surface area contributed by atoms with E-state index in [0.29, 0.717) is 32.6 Å². The Bertz CT molecular complexity index is 984. The molecule has 0 aromatic heterocycles. The van der Waals surface area contributed by atoms with Crippen LogP contribution in [0.5, 0.6) is 5.75 Å². The summed E-state index contributed by atoms with van der Waals surface area (Å²) in [7, 11) is 0. The predicted octanol–water partition coefficient (Wildman–Crippen LogP) is 6.47. The van der Waals surface area contributed by atoms with Gasteiger partial charge < -0.3 is 9.47 Å². The highest BCUT2D eigenvalue weighted by molar-refractivity contribution is 6.35. The van der Waals surface area contributed by atoms with Crippen LogP contribution in [0.25, 0.3) is 21.6 Å². The number of azide groups is 1. The normalized spacial score (nSPS) is 15.8. The molecule has 2 aromatic rings. The zero-order valence-electron chi connectivity index (χ0n) is 16.2. The third kappa shape index (κ3) is 4.88. The minimum absolute atomic E-state index is 0.0624. The van der Waals surface area contributed by atoms with Crippen LogP contribution in [0.4, 0.5) is 10.5 Å². The van der Waals surface area contributed by atoms with Gasteiger partial charge in [0.05, 0.1) is 18.8 Å². The van der Waals surface area contributed by atoms with Gasteiger partial charge in [-0.25, -0.2) is 4.79 Å². The van der Waals surface area contributed by atoms with Gasteiger partial charge in [-0.1, -0.05) is 40.4 Å². The first-order valence-corrected chi connectivity index (χ1v) is 9.71. The summed E-state index contributed by atoms with van der Waals surface area (Å²) < 4.78 is 11.7. The maximum Gasteiger partial charge on any atom is 0.415 e. The van der Waals surface area contributed by atoms with Crippen molar-refractivity contribution < 1.29 is 14.3 Å². The Kier molecular flexibility index (Phi) is 6.13. The molecular weight excluding hydrogens is 415 g/mol. The molecule has 2 aromatic carbocycles. The number of hydrogen-bond donors (Lipinski definition) is 0. The number of halogens is 2. The van der Waals surface area contributed by atoms with Crippen LogP contribution in [0.1, 0.15) is 20.8 Å². The Morgan fingerprint density at radius 1 is 1.31 bits per heavy atom. The van der Waals surface area contributed by atoms with Crippen molar-refractivity contribution in [3.05, 3.63) is 56.9 Å². The lowest BCUT2D eigenvalue weighted by Crippen LogP contribution is -2.46. The third-order valence-electron chi connectivity index (χ3n) is 4.14. The summed E-state index contributed by atoms with van der Waals surface area (Å²) in [4.78, 5) is 17.1. The lowest BCUT2D eigenvalue weighted by atomic mass is 10.0. The molecule has 7 nitrogen and oxygen atoms in total. The SMILES string of the molecule is CC(C)(C)OC(=O)N1CC(CN=[N+]=[N-])Oc2c(-c3cc(Cl)ccc3Cl)cccc21. The highest BCUT2D eigenvalue weighted by Crippen LogP contribution is 2.44. The van der Waals surface area contributed by atoms with E-state index in [1.54, 1.807) is 51.1 Å². The molecular formula is C20H20Cl2N4O3. The maximum atomic E-state index is 12.9. The van der Waals surface area contributed by atoms with Crippen molar-refractivity contribution in [1.82, 2.24) is 0 Å². The second kappa shape index (κ2) is 8.41. The van der Waals surface area contributed by atoms with Crippen molar-refractivity contribution in [1.29, 1.82) is 0 Å². The maximum absolute atomic E-state index is 12.9. The minimum Gasteiger partial charge on any atom is -0.486 e. The fourth-order valence-electron chi connectivity index (χ4n) is 3.00. The number of para-hydroxylation sites is 1.